The van der Waals surface area contributed by atoms with Crippen molar-refractivity contribution >= 4 is 5.91 Å². The van der Waals surface area contributed by atoms with Crippen molar-refractivity contribution in [1.82, 2.24) is 19.9 Å². The maximum atomic E-state index is 12.4. The summed E-state index contributed by atoms with van der Waals surface area (Å²) in [5, 5.41) is 7.87. The van der Waals surface area contributed by atoms with E-state index in [9.17, 15) is 4.79 Å². The number of rotatable bonds is 4. The van der Waals surface area contributed by atoms with Crippen LogP contribution in [0.15, 0.2) is 30.6 Å². The number of carbonyl (C=O) groups excluding carboxylic acids is 1. The number of amides is 1. The van der Waals surface area contributed by atoms with Gasteiger partial charge in [0.2, 0.25) is 5.91 Å². The number of hydrogen-bond acceptors (Lipinski definition) is 3. The summed E-state index contributed by atoms with van der Waals surface area (Å²) < 4.78 is 1.86. The zero-order valence-electron chi connectivity index (χ0n) is 13.2. The molecule has 0 N–H and O–H groups in total. The summed E-state index contributed by atoms with van der Waals surface area (Å²) in [6, 6.07) is 6.71. The van der Waals surface area contributed by atoms with Gasteiger partial charge in [0.1, 0.15) is 0 Å². The summed E-state index contributed by atoms with van der Waals surface area (Å²) in [7, 11) is 0. The first kappa shape index (κ1) is 14.8. The average Bonchev–Trinajstić information content (AvgIpc) is 3.18. The van der Waals surface area contributed by atoms with E-state index in [4.69, 9.17) is 0 Å². The van der Waals surface area contributed by atoms with Gasteiger partial charge >= 0.3 is 0 Å². The molecule has 2 aromatic rings. The first-order chi connectivity index (χ1) is 10.6. The topological polar surface area (TPSA) is 51.0 Å². The molecule has 1 aliphatic heterocycles. The minimum Gasteiger partial charge on any atom is -0.340 e. The lowest BCUT2D eigenvalue weighted by Crippen LogP contribution is -2.29. The fourth-order valence-electron chi connectivity index (χ4n) is 2.96. The summed E-state index contributed by atoms with van der Waals surface area (Å²) >= 11 is 0. The molecule has 116 valence electrons. The number of aromatic nitrogens is 3. The van der Waals surface area contributed by atoms with E-state index in [0.29, 0.717) is 6.42 Å². The standard InChI is InChI=1S/C17H22N4O/c1-13-3-4-15(11-14(13)2)5-6-17(22)20-9-7-16(12-20)21-10-8-18-19-21/h3-4,8,10-11,16H,5-7,9,12H2,1-2H3. The quantitative estimate of drug-likeness (QED) is 0.870. The number of nitrogens with zero attached hydrogens (tertiary/aromatic N) is 4. The number of carbonyl (C=O) groups is 1. The van der Waals surface area contributed by atoms with E-state index in [1.54, 1.807) is 6.20 Å². The predicted molar refractivity (Wildman–Crippen MR) is 84.5 cm³/mol. The van der Waals surface area contributed by atoms with Gasteiger partial charge < -0.3 is 4.90 Å². The Morgan fingerprint density at radius 3 is 2.91 bits per heavy atom. The van der Waals surface area contributed by atoms with Crippen molar-refractivity contribution in [3.8, 4) is 0 Å². The molecular weight excluding hydrogens is 276 g/mol. The molecule has 0 bridgehead atoms. The molecule has 1 aromatic heterocycles. The van der Waals surface area contributed by atoms with Crippen LogP contribution in [-0.4, -0.2) is 38.9 Å². The average molecular weight is 298 g/mol. The van der Waals surface area contributed by atoms with Crippen LogP contribution < -0.4 is 0 Å². The third-order valence-electron chi connectivity index (χ3n) is 4.53. The van der Waals surface area contributed by atoms with E-state index >= 15 is 0 Å². The SMILES string of the molecule is Cc1ccc(CCC(=O)N2CCC(n3ccnn3)C2)cc1C. The van der Waals surface area contributed by atoms with Gasteiger partial charge in [0.05, 0.1) is 12.2 Å². The van der Waals surface area contributed by atoms with Crippen LogP contribution in [0.2, 0.25) is 0 Å². The Hall–Kier alpha value is -2.17. The maximum absolute atomic E-state index is 12.4. The highest BCUT2D eigenvalue weighted by atomic mass is 16.2. The molecule has 0 spiro atoms. The second-order valence-corrected chi connectivity index (χ2v) is 6.08. The lowest BCUT2D eigenvalue weighted by molar-refractivity contribution is -0.130. The van der Waals surface area contributed by atoms with Crippen molar-refractivity contribution in [2.75, 3.05) is 13.1 Å². The molecule has 1 fully saturated rings. The van der Waals surface area contributed by atoms with Crippen molar-refractivity contribution in [2.24, 2.45) is 0 Å². The van der Waals surface area contributed by atoms with Crippen LogP contribution in [0.5, 0.6) is 0 Å². The van der Waals surface area contributed by atoms with Gasteiger partial charge in [-0.1, -0.05) is 23.4 Å². The van der Waals surface area contributed by atoms with E-state index < -0.39 is 0 Å². The first-order valence-corrected chi connectivity index (χ1v) is 7.83. The molecule has 22 heavy (non-hydrogen) atoms. The van der Waals surface area contributed by atoms with E-state index in [2.05, 4.69) is 42.4 Å². The summed E-state index contributed by atoms with van der Waals surface area (Å²) in [6.45, 7) is 5.79. The van der Waals surface area contributed by atoms with Crippen LogP contribution >= 0.6 is 0 Å². The Morgan fingerprint density at radius 1 is 1.32 bits per heavy atom. The highest BCUT2D eigenvalue weighted by Gasteiger charge is 2.27. The molecule has 3 rings (SSSR count). The number of likely N-dealkylation sites (tertiary alicyclic amines) is 1. The van der Waals surface area contributed by atoms with Crippen LogP contribution in [0.25, 0.3) is 0 Å². The molecule has 1 amide bonds. The van der Waals surface area contributed by atoms with Crippen molar-refractivity contribution in [1.29, 1.82) is 0 Å². The summed E-state index contributed by atoms with van der Waals surface area (Å²) in [6.07, 6.45) is 5.90. The Balaban J connectivity index is 1.53. The van der Waals surface area contributed by atoms with Gasteiger partial charge in [-0.25, -0.2) is 4.68 Å². The van der Waals surface area contributed by atoms with Gasteiger partial charge in [-0.05, 0) is 43.4 Å². The highest BCUT2D eigenvalue weighted by molar-refractivity contribution is 5.76. The predicted octanol–water partition coefficient (Wildman–Crippen LogP) is 2.30. The zero-order valence-corrected chi connectivity index (χ0v) is 13.2. The third kappa shape index (κ3) is 3.18. The van der Waals surface area contributed by atoms with E-state index in [1.807, 2.05) is 15.8 Å². The molecule has 0 saturated carbocycles. The third-order valence-corrected chi connectivity index (χ3v) is 4.53. The summed E-state index contributed by atoms with van der Waals surface area (Å²) in [4.78, 5) is 14.3. The Labute approximate surface area is 130 Å². The number of aryl methyl sites for hydroxylation is 3. The van der Waals surface area contributed by atoms with E-state index in [-0.39, 0.29) is 11.9 Å². The Kier molecular flexibility index (Phi) is 4.22. The fourth-order valence-corrected chi connectivity index (χ4v) is 2.96. The molecule has 1 saturated heterocycles. The minimum absolute atomic E-state index is 0.237. The van der Waals surface area contributed by atoms with Crippen LogP contribution in [-0.2, 0) is 11.2 Å². The van der Waals surface area contributed by atoms with Crippen LogP contribution in [0.3, 0.4) is 0 Å². The monoisotopic (exact) mass is 298 g/mol. The molecule has 1 aromatic carbocycles. The molecule has 1 aliphatic rings. The van der Waals surface area contributed by atoms with Crippen molar-refractivity contribution < 1.29 is 4.79 Å². The van der Waals surface area contributed by atoms with Gasteiger partial charge in [0.25, 0.3) is 0 Å². The molecule has 1 atom stereocenters. The van der Waals surface area contributed by atoms with Crippen LogP contribution in [0.4, 0.5) is 0 Å². The molecular formula is C17H22N4O. The normalized spacial score (nSPS) is 17.9. The second-order valence-electron chi connectivity index (χ2n) is 6.08. The van der Waals surface area contributed by atoms with Gasteiger partial charge in [0.15, 0.2) is 0 Å². The van der Waals surface area contributed by atoms with Crippen molar-refractivity contribution in [3.63, 3.8) is 0 Å². The van der Waals surface area contributed by atoms with Crippen molar-refractivity contribution in [3.05, 3.63) is 47.3 Å². The van der Waals surface area contributed by atoms with Gasteiger partial charge in [-0.3, -0.25) is 4.79 Å². The molecule has 1 unspecified atom stereocenters. The molecule has 5 nitrogen and oxygen atoms in total. The van der Waals surface area contributed by atoms with Crippen LogP contribution in [0, 0.1) is 13.8 Å². The smallest absolute Gasteiger partial charge is 0.222 e. The fraction of sp³-hybridized carbons (Fsp3) is 0.471. The van der Waals surface area contributed by atoms with Crippen LogP contribution in [0.1, 0.15) is 35.6 Å². The second kappa shape index (κ2) is 6.30. The summed E-state index contributed by atoms with van der Waals surface area (Å²) in [5.74, 6) is 0.237. The lowest BCUT2D eigenvalue weighted by atomic mass is 10.0. The van der Waals surface area contributed by atoms with E-state index in [1.165, 1.54) is 16.7 Å². The summed E-state index contributed by atoms with van der Waals surface area (Å²) in [5.41, 5.74) is 3.83. The van der Waals surface area contributed by atoms with Crippen molar-refractivity contribution in [2.45, 2.75) is 39.2 Å². The first-order valence-electron chi connectivity index (χ1n) is 7.83. The van der Waals surface area contributed by atoms with E-state index in [0.717, 1.165) is 25.9 Å². The maximum Gasteiger partial charge on any atom is 0.222 e. The molecule has 0 aliphatic carbocycles. The molecule has 2 heterocycles. The Morgan fingerprint density at radius 2 is 2.18 bits per heavy atom. The Bertz CT molecular complexity index is 651. The highest BCUT2D eigenvalue weighted by Crippen LogP contribution is 2.21. The van der Waals surface area contributed by atoms with Gasteiger partial charge in [-0.15, -0.1) is 5.10 Å². The van der Waals surface area contributed by atoms with Gasteiger partial charge in [0, 0.05) is 25.7 Å². The minimum atomic E-state index is 0.237. The largest absolute Gasteiger partial charge is 0.340 e. The lowest BCUT2D eigenvalue weighted by Gasteiger charge is -2.16. The molecule has 0 radical (unpaired) electrons. The number of hydrogen-bond donors (Lipinski definition) is 0. The zero-order chi connectivity index (χ0) is 15.5. The number of benzene rings is 1. The molecule has 5 heteroatoms. The van der Waals surface area contributed by atoms with Gasteiger partial charge in [-0.2, -0.15) is 0 Å².